The summed E-state index contributed by atoms with van der Waals surface area (Å²) >= 11 is 1.52. The molecule has 0 saturated carbocycles. The quantitative estimate of drug-likeness (QED) is 0.571. The predicted octanol–water partition coefficient (Wildman–Crippen LogP) is 3.72. The maximum absolute atomic E-state index is 12.3. The van der Waals surface area contributed by atoms with Gasteiger partial charge in [0.25, 0.3) is 0 Å². The van der Waals surface area contributed by atoms with E-state index in [1.807, 2.05) is 48.7 Å². The molecule has 3 rings (SSSR count). The maximum atomic E-state index is 12.3. The monoisotopic (exact) mass is 226 g/mol. The van der Waals surface area contributed by atoms with Crippen molar-refractivity contribution in [1.82, 2.24) is 0 Å². The number of benzene rings is 1. The van der Waals surface area contributed by atoms with Gasteiger partial charge in [0.1, 0.15) is 0 Å². The van der Waals surface area contributed by atoms with Gasteiger partial charge in [-0.1, -0.05) is 29.8 Å². The third-order valence-electron chi connectivity index (χ3n) is 2.80. The average molecular weight is 226 g/mol. The van der Waals surface area contributed by atoms with Gasteiger partial charge in [-0.25, -0.2) is 0 Å². The second kappa shape index (κ2) is 3.42. The molecule has 0 aliphatic rings. The summed E-state index contributed by atoms with van der Waals surface area (Å²) in [7, 11) is 0. The summed E-state index contributed by atoms with van der Waals surface area (Å²) in [4.78, 5) is 12.3. The number of hydrogen-bond donors (Lipinski definition) is 0. The van der Waals surface area contributed by atoms with Crippen LogP contribution in [0, 0.1) is 6.92 Å². The Morgan fingerprint density at radius 3 is 2.62 bits per heavy atom. The molecule has 0 aliphatic heterocycles. The first kappa shape index (κ1) is 9.55. The minimum atomic E-state index is 0.147. The van der Waals surface area contributed by atoms with Gasteiger partial charge in [0.15, 0.2) is 0 Å². The van der Waals surface area contributed by atoms with Crippen molar-refractivity contribution >= 4 is 32.2 Å². The van der Waals surface area contributed by atoms with Crippen LogP contribution in [0.1, 0.15) is 5.56 Å². The molecule has 0 spiro atoms. The highest BCUT2D eigenvalue weighted by Crippen LogP contribution is 2.20. The Hall–Kier alpha value is -1.67. The third kappa shape index (κ3) is 1.34. The van der Waals surface area contributed by atoms with Crippen molar-refractivity contribution in [3.63, 3.8) is 0 Å². The van der Waals surface area contributed by atoms with Gasteiger partial charge < -0.3 is 0 Å². The topological polar surface area (TPSA) is 17.1 Å². The lowest BCUT2D eigenvalue weighted by molar-refractivity contribution is 1.51. The molecular weight excluding hydrogens is 216 g/mol. The Kier molecular flexibility index (Phi) is 2.04. The van der Waals surface area contributed by atoms with Gasteiger partial charge in [-0.3, -0.25) is 4.79 Å². The normalized spacial score (nSPS) is 11.1. The first-order chi connectivity index (χ1) is 7.75. The first-order valence-corrected chi connectivity index (χ1v) is 6.04. The van der Waals surface area contributed by atoms with E-state index in [0.717, 1.165) is 26.4 Å². The summed E-state index contributed by atoms with van der Waals surface area (Å²) < 4.78 is 0.848. The van der Waals surface area contributed by atoms with E-state index < -0.39 is 0 Å². The Balaban J connectivity index is 2.66. The molecule has 0 amide bonds. The van der Waals surface area contributed by atoms with Crippen LogP contribution < -0.4 is 5.43 Å². The van der Waals surface area contributed by atoms with E-state index in [1.165, 1.54) is 11.3 Å². The SMILES string of the molecule is Cc1ccc2ccc3ccsc3c(=O)c2c1. The van der Waals surface area contributed by atoms with Crippen molar-refractivity contribution in [1.29, 1.82) is 0 Å². The number of rotatable bonds is 0. The summed E-state index contributed by atoms with van der Waals surface area (Å²) in [5, 5.41) is 4.83. The van der Waals surface area contributed by atoms with Gasteiger partial charge in [-0.15, -0.1) is 11.3 Å². The number of hydrogen-bond acceptors (Lipinski definition) is 2. The number of aryl methyl sites for hydroxylation is 1. The maximum Gasteiger partial charge on any atom is 0.204 e. The molecule has 1 aromatic heterocycles. The van der Waals surface area contributed by atoms with Crippen LogP contribution in [-0.4, -0.2) is 0 Å². The molecule has 0 N–H and O–H groups in total. The lowest BCUT2D eigenvalue weighted by Gasteiger charge is -1.93. The highest BCUT2D eigenvalue weighted by atomic mass is 32.1. The van der Waals surface area contributed by atoms with Gasteiger partial charge in [-0.05, 0) is 35.2 Å². The molecule has 0 fully saturated rings. The summed E-state index contributed by atoms with van der Waals surface area (Å²) in [5.74, 6) is 0. The molecular formula is C14H10OS. The Bertz CT molecular complexity index is 740. The van der Waals surface area contributed by atoms with Crippen LogP contribution in [-0.2, 0) is 0 Å². The van der Waals surface area contributed by atoms with Gasteiger partial charge in [-0.2, -0.15) is 0 Å². The van der Waals surface area contributed by atoms with Crippen LogP contribution in [0.3, 0.4) is 0 Å². The van der Waals surface area contributed by atoms with Gasteiger partial charge in [0.05, 0.1) is 4.70 Å². The van der Waals surface area contributed by atoms with Crippen molar-refractivity contribution in [3.8, 4) is 0 Å². The van der Waals surface area contributed by atoms with E-state index in [-0.39, 0.29) is 5.43 Å². The predicted molar refractivity (Wildman–Crippen MR) is 70.3 cm³/mol. The first-order valence-electron chi connectivity index (χ1n) is 5.16. The van der Waals surface area contributed by atoms with Gasteiger partial charge in [0.2, 0.25) is 5.43 Å². The van der Waals surface area contributed by atoms with Crippen LogP contribution in [0.4, 0.5) is 0 Å². The molecule has 2 aromatic carbocycles. The molecule has 0 radical (unpaired) electrons. The Morgan fingerprint density at radius 1 is 1.00 bits per heavy atom. The summed E-state index contributed by atoms with van der Waals surface area (Å²) in [5.41, 5.74) is 1.27. The van der Waals surface area contributed by atoms with Crippen LogP contribution >= 0.6 is 11.3 Å². The zero-order valence-corrected chi connectivity index (χ0v) is 9.67. The zero-order valence-electron chi connectivity index (χ0n) is 8.86. The van der Waals surface area contributed by atoms with E-state index in [1.54, 1.807) is 0 Å². The fourth-order valence-corrected chi connectivity index (χ4v) is 2.79. The molecule has 3 aromatic rings. The lowest BCUT2D eigenvalue weighted by Crippen LogP contribution is -1.96. The van der Waals surface area contributed by atoms with Crippen molar-refractivity contribution in [2.45, 2.75) is 6.92 Å². The fraction of sp³-hybridized carbons (Fsp3) is 0.0714. The van der Waals surface area contributed by atoms with Crippen LogP contribution in [0.5, 0.6) is 0 Å². The molecule has 0 aliphatic carbocycles. The summed E-state index contributed by atoms with van der Waals surface area (Å²) in [6.45, 7) is 2.01. The number of fused-ring (bicyclic) bond motifs is 2. The lowest BCUT2D eigenvalue weighted by atomic mass is 10.1. The average Bonchev–Trinajstić information content (AvgIpc) is 2.70. The largest absolute Gasteiger partial charge is 0.288 e. The van der Waals surface area contributed by atoms with Crippen molar-refractivity contribution in [3.05, 3.63) is 57.6 Å². The molecule has 0 saturated heterocycles. The standard InChI is InChI=1S/C14H10OS/c1-9-2-3-10-4-5-11-6-7-16-14(11)13(15)12(10)8-9/h2-8H,1H3. The minimum Gasteiger partial charge on any atom is -0.288 e. The highest BCUT2D eigenvalue weighted by Gasteiger charge is 2.03. The molecule has 0 unspecified atom stereocenters. The van der Waals surface area contributed by atoms with E-state index in [4.69, 9.17) is 0 Å². The molecule has 1 nitrogen and oxygen atoms in total. The van der Waals surface area contributed by atoms with Crippen LogP contribution in [0.25, 0.3) is 20.9 Å². The summed E-state index contributed by atoms with van der Waals surface area (Å²) in [6.07, 6.45) is 0. The van der Waals surface area contributed by atoms with Crippen LogP contribution in [0.15, 0.2) is 46.6 Å². The van der Waals surface area contributed by atoms with E-state index in [9.17, 15) is 4.79 Å². The number of thiophene rings is 1. The van der Waals surface area contributed by atoms with Crippen molar-refractivity contribution in [2.75, 3.05) is 0 Å². The van der Waals surface area contributed by atoms with Gasteiger partial charge in [0, 0.05) is 5.39 Å². The minimum absolute atomic E-state index is 0.147. The van der Waals surface area contributed by atoms with E-state index in [0.29, 0.717) is 0 Å². The summed E-state index contributed by atoms with van der Waals surface area (Å²) in [6, 6.07) is 12.0. The Labute approximate surface area is 97.0 Å². The van der Waals surface area contributed by atoms with Gasteiger partial charge >= 0.3 is 0 Å². The van der Waals surface area contributed by atoms with Crippen LogP contribution in [0.2, 0.25) is 0 Å². The second-order valence-electron chi connectivity index (χ2n) is 3.96. The molecule has 2 heteroatoms. The fourth-order valence-electron chi connectivity index (χ4n) is 1.95. The second-order valence-corrected chi connectivity index (χ2v) is 4.87. The van der Waals surface area contributed by atoms with E-state index in [2.05, 4.69) is 0 Å². The molecule has 16 heavy (non-hydrogen) atoms. The molecule has 0 atom stereocenters. The molecule has 1 heterocycles. The molecule has 78 valence electrons. The highest BCUT2D eigenvalue weighted by molar-refractivity contribution is 7.17. The van der Waals surface area contributed by atoms with Crippen molar-refractivity contribution < 1.29 is 0 Å². The zero-order chi connectivity index (χ0) is 11.1. The molecule has 0 bridgehead atoms. The Morgan fingerprint density at radius 2 is 1.75 bits per heavy atom. The van der Waals surface area contributed by atoms with Crippen molar-refractivity contribution in [2.24, 2.45) is 0 Å². The third-order valence-corrected chi connectivity index (χ3v) is 3.73. The van der Waals surface area contributed by atoms with E-state index >= 15 is 0 Å². The smallest absolute Gasteiger partial charge is 0.204 e.